The lowest BCUT2D eigenvalue weighted by Gasteiger charge is -2.32. The van der Waals surface area contributed by atoms with Crippen LogP contribution < -0.4 is 0 Å². The van der Waals surface area contributed by atoms with Crippen LogP contribution in [-0.2, 0) is 5.54 Å². The Morgan fingerprint density at radius 2 is 1.88 bits per heavy atom. The van der Waals surface area contributed by atoms with E-state index < -0.39 is 0 Å². The van der Waals surface area contributed by atoms with Gasteiger partial charge in [-0.15, -0.1) is 0 Å². The summed E-state index contributed by atoms with van der Waals surface area (Å²) in [6.07, 6.45) is 6.91. The summed E-state index contributed by atoms with van der Waals surface area (Å²) >= 11 is 11.9. The lowest BCUT2D eigenvalue weighted by atomic mass is 9.87. The second kappa shape index (κ2) is 3.86. The van der Waals surface area contributed by atoms with Crippen molar-refractivity contribution in [3.8, 4) is 0 Å². The average Bonchev–Trinajstić information content (AvgIpc) is 2.81. The zero-order valence-electron chi connectivity index (χ0n) is 9.05. The third-order valence-electron chi connectivity index (χ3n) is 3.98. The summed E-state index contributed by atoms with van der Waals surface area (Å²) in [4.78, 5) is 6.76. The summed E-state index contributed by atoms with van der Waals surface area (Å²) in [5, 5.41) is 0.983. The molecule has 1 aromatic rings. The standard InChI is InChI=1S/C12H14Cl2N2/c13-10-7-9(8-15-11(10)14)12-3-1-5-16(12)6-2-4-12/h7-8H,1-6H2. The third-order valence-corrected chi connectivity index (χ3v) is 4.66. The highest BCUT2D eigenvalue weighted by Crippen LogP contribution is 2.47. The predicted octanol–water partition coefficient (Wildman–Crippen LogP) is 3.47. The van der Waals surface area contributed by atoms with Gasteiger partial charge in [-0.1, -0.05) is 23.2 Å². The quantitative estimate of drug-likeness (QED) is 0.716. The molecule has 0 bridgehead atoms. The van der Waals surface area contributed by atoms with Crippen LogP contribution in [0.15, 0.2) is 12.3 Å². The van der Waals surface area contributed by atoms with E-state index in [1.165, 1.54) is 44.3 Å². The molecule has 0 aromatic carbocycles. The summed E-state index contributed by atoms with van der Waals surface area (Å²) < 4.78 is 0. The number of halogens is 2. The molecule has 1 aromatic heterocycles. The van der Waals surface area contributed by atoms with Gasteiger partial charge in [-0.25, -0.2) is 4.98 Å². The topological polar surface area (TPSA) is 16.1 Å². The Balaban J connectivity index is 2.04. The molecular weight excluding hydrogens is 243 g/mol. The molecule has 4 heteroatoms. The highest BCUT2D eigenvalue weighted by Gasteiger charge is 2.45. The van der Waals surface area contributed by atoms with Crippen LogP contribution in [0.25, 0.3) is 0 Å². The first-order valence-corrected chi connectivity index (χ1v) is 6.54. The second-order valence-corrected chi connectivity index (χ2v) is 5.49. The lowest BCUT2D eigenvalue weighted by molar-refractivity contribution is 0.197. The van der Waals surface area contributed by atoms with Gasteiger partial charge in [0.1, 0.15) is 5.15 Å². The van der Waals surface area contributed by atoms with Crippen LogP contribution >= 0.6 is 23.2 Å². The molecule has 0 spiro atoms. The van der Waals surface area contributed by atoms with Gasteiger partial charge in [0.2, 0.25) is 0 Å². The summed E-state index contributed by atoms with van der Waals surface area (Å²) in [7, 11) is 0. The fourth-order valence-corrected chi connectivity index (χ4v) is 3.52. The normalized spacial score (nSPS) is 23.6. The van der Waals surface area contributed by atoms with Crippen molar-refractivity contribution >= 4 is 23.2 Å². The first kappa shape index (κ1) is 10.8. The van der Waals surface area contributed by atoms with Crippen molar-refractivity contribution in [2.24, 2.45) is 0 Å². The molecule has 0 N–H and O–H groups in total. The number of rotatable bonds is 1. The Kier molecular flexibility index (Phi) is 2.61. The van der Waals surface area contributed by atoms with Crippen LogP contribution in [0.2, 0.25) is 10.2 Å². The molecule has 2 saturated heterocycles. The zero-order chi connectivity index (χ0) is 11.2. The van der Waals surface area contributed by atoms with E-state index in [1.807, 2.05) is 12.3 Å². The molecule has 3 heterocycles. The zero-order valence-corrected chi connectivity index (χ0v) is 10.6. The molecule has 2 nitrogen and oxygen atoms in total. The number of pyridine rings is 1. The summed E-state index contributed by atoms with van der Waals surface area (Å²) in [6.45, 7) is 2.42. The number of hydrogen-bond donors (Lipinski definition) is 0. The van der Waals surface area contributed by atoms with Gasteiger partial charge in [0.25, 0.3) is 0 Å². The van der Waals surface area contributed by atoms with Crippen LogP contribution in [0.3, 0.4) is 0 Å². The lowest BCUT2D eigenvalue weighted by Crippen LogP contribution is -2.35. The van der Waals surface area contributed by atoms with E-state index in [4.69, 9.17) is 23.2 Å². The third kappa shape index (κ3) is 1.47. The van der Waals surface area contributed by atoms with Crippen LogP contribution in [0.4, 0.5) is 0 Å². The number of nitrogens with zero attached hydrogens (tertiary/aromatic N) is 2. The van der Waals surface area contributed by atoms with Crippen LogP contribution in [0.5, 0.6) is 0 Å². The molecule has 86 valence electrons. The first-order valence-electron chi connectivity index (χ1n) is 5.79. The molecule has 0 radical (unpaired) electrons. The molecule has 2 fully saturated rings. The van der Waals surface area contributed by atoms with Gasteiger partial charge in [-0.2, -0.15) is 0 Å². The fraction of sp³-hybridized carbons (Fsp3) is 0.583. The first-order chi connectivity index (χ1) is 7.72. The summed E-state index contributed by atoms with van der Waals surface area (Å²) in [5.41, 5.74) is 1.46. The van der Waals surface area contributed by atoms with Crippen molar-refractivity contribution in [1.29, 1.82) is 0 Å². The number of hydrogen-bond acceptors (Lipinski definition) is 2. The van der Waals surface area contributed by atoms with E-state index in [2.05, 4.69) is 9.88 Å². The van der Waals surface area contributed by atoms with Gasteiger partial charge < -0.3 is 0 Å². The van der Waals surface area contributed by atoms with E-state index in [-0.39, 0.29) is 5.54 Å². The van der Waals surface area contributed by atoms with Crippen molar-refractivity contribution in [1.82, 2.24) is 9.88 Å². The van der Waals surface area contributed by atoms with Crippen LogP contribution in [-0.4, -0.2) is 23.0 Å². The molecule has 0 aliphatic carbocycles. The monoisotopic (exact) mass is 256 g/mol. The molecule has 0 unspecified atom stereocenters. The van der Waals surface area contributed by atoms with Crippen molar-refractivity contribution in [2.75, 3.05) is 13.1 Å². The maximum absolute atomic E-state index is 6.07. The molecule has 0 saturated carbocycles. The van der Waals surface area contributed by atoms with E-state index >= 15 is 0 Å². The van der Waals surface area contributed by atoms with E-state index in [1.54, 1.807) is 0 Å². The van der Waals surface area contributed by atoms with Gasteiger partial charge >= 0.3 is 0 Å². The SMILES string of the molecule is Clc1cc(C23CCCN2CCC3)cnc1Cl. The van der Waals surface area contributed by atoms with Gasteiger partial charge in [0.15, 0.2) is 0 Å². The fourth-order valence-electron chi connectivity index (χ4n) is 3.25. The van der Waals surface area contributed by atoms with Crippen LogP contribution in [0.1, 0.15) is 31.2 Å². The summed E-state index contributed by atoms with van der Waals surface area (Å²) in [5.74, 6) is 0. The molecule has 0 atom stereocenters. The Hall–Kier alpha value is -0.310. The van der Waals surface area contributed by atoms with Crippen molar-refractivity contribution < 1.29 is 0 Å². The van der Waals surface area contributed by atoms with Crippen LogP contribution in [0, 0.1) is 0 Å². The summed E-state index contributed by atoms with van der Waals surface area (Å²) in [6, 6.07) is 2.00. The Morgan fingerprint density at radius 1 is 1.19 bits per heavy atom. The largest absolute Gasteiger partial charge is 0.294 e. The van der Waals surface area contributed by atoms with Gasteiger partial charge in [-0.3, -0.25) is 4.90 Å². The predicted molar refractivity (Wildman–Crippen MR) is 66.0 cm³/mol. The minimum Gasteiger partial charge on any atom is -0.294 e. The maximum Gasteiger partial charge on any atom is 0.147 e. The maximum atomic E-state index is 6.07. The average molecular weight is 257 g/mol. The van der Waals surface area contributed by atoms with E-state index in [9.17, 15) is 0 Å². The Bertz CT molecular complexity index is 409. The molecule has 0 amide bonds. The Morgan fingerprint density at radius 3 is 2.50 bits per heavy atom. The highest BCUT2D eigenvalue weighted by atomic mass is 35.5. The number of fused-ring (bicyclic) bond motifs is 1. The van der Waals surface area contributed by atoms with Crippen molar-refractivity contribution in [3.05, 3.63) is 28.0 Å². The minimum absolute atomic E-state index is 0.210. The molecule has 2 aliphatic heterocycles. The minimum atomic E-state index is 0.210. The van der Waals surface area contributed by atoms with E-state index in [0.717, 1.165) is 0 Å². The van der Waals surface area contributed by atoms with Crippen molar-refractivity contribution in [2.45, 2.75) is 31.2 Å². The second-order valence-electron chi connectivity index (χ2n) is 4.72. The smallest absolute Gasteiger partial charge is 0.147 e. The van der Waals surface area contributed by atoms with Gasteiger partial charge in [-0.05, 0) is 50.4 Å². The van der Waals surface area contributed by atoms with Crippen molar-refractivity contribution in [3.63, 3.8) is 0 Å². The molecular formula is C12H14Cl2N2. The molecule has 2 aliphatic rings. The number of aromatic nitrogens is 1. The highest BCUT2D eigenvalue weighted by molar-refractivity contribution is 6.41. The Labute approximate surface area is 106 Å². The molecule has 16 heavy (non-hydrogen) atoms. The molecule has 3 rings (SSSR count). The van der Waals surface area contributed by atoms with Gasteiger partial charge in [0.05, 0.1) is 5.02 Å². The van der Waals surface area contributed by atoms with Gasteiger partial charge in [0, 0.05) is 11.7 Å². The van der Waals surface area contributed by atoms with E-state index in [0.29, 0.717) is 10.2 Å².